The van der Waals surface area contributed by atoms with Crippen LogP contribution < -0.4 is 28.4 Å². The Morgan fingerprint density at radius 3 is 1.36 bits per heavy atom. The first-order chi connectivity index (χ1) is 40.1. The lowest BCUT2D eigenvalue weighted by Gasteiger charge is -2.24. The van der Waals surface area contributed by atoms with Gasteiger partial charge >= 0.3 is 17.9 Å². The van der Waals surface area contributed by atoms with Crippen LogP contribution in [0.4, 0.5) is 0 Å². The molecule has 0 saturated heterocycles. The number of carboxylic acid groups (broad SMARTS) is 2. The number of nitrogens with zero attached hydrogens (tertiary/aromatic N) is 3. The van der Waals surface area contributed by atoms with Gasteiger partial charge in [-0.1, -0.05) is 99.6 Å². The zero-order valence-electron chi connectivity index (χ0n) is 51.0. The average Bonchev–Trinajstić information content (AvgIpc) is 3.38. The van der Waals surface area contributed by atoms with Crippen molar-refractivity contribution >= 4 is 17.9 Å². The summed E-state index contributed by atoms with van der Waals surface area (Å²) in [6, 6.07) is 49.8. The number of benzene rings is 7. The SMILES string of the molecule is CCOC(=O)COc1ccc(-c2ccc(OCCN(C)C)cc2)cc1.Cc1cc(OCCN(C)C)ccc1-c1ccc(OCC(=O)O)c(C(C)(C)C)c1.Cc1cc(OCCN(C)C)ccc1-c1ccc(OCC(=O)O)cc1Cc1ccccc1. The third kappa shape index (κ3) is 23.1. The summed E-state index contributed by atoms with van der Waals surface area (Å²) in [5.41, 5.74) is 11.9. The van der Waals surface area contributed by atoms with Gasteiger partial charge in [-0.2, -0.15) is 0 Å². The molecule has 0 heterocycles. The third-order valence-electron chi connectivity index (χ3n) is 12.9. The number of aryl methyl sites for hydroxylation is 2. The molecule has 7 aromatic carbocycles. The Kier molecular flexibility index (Phi) is 26.6. The van der Waals surface area contributed by atoms with Crippen molar-refractivity contribution in [3.63, 3.8) is 0 Å². The van der Waals surface area contributed by atoms with Crippen LogP contribution in [-0.4, -0.2) is 151 Å². The van der Waals surface area contributed by atoms with E-state index in [1.165, 1.54) is 5.56 Å². The molecule has 0 bridgehead atoms. The molecule has 0 fully saturated rings. The molecule has 0 radical (unpaired) electrons. The molecule has 0 aliphatic heterocycles. The molecule has 15 heteroatoms. The Morgan fingerprint density at radius 2 is 0.881 bits per heavy atom. The molecule has 0 aliphatic rings. The second kappa shape index (κ2) is 33.7. The zero-order valence-corrected chi connectivity index (χ0v) is 51.0. The fraction of sp³-hybridized carbons (Fsp3) is 0.348. The van der Waals surface area contributed by atoms with Crippen molar-refractivity contribution in [1.29, 1.82) is 0 Å². The molecule has 84 heavy (non-hydrogen) atoms. The lowest BCUT2D eigenvalue weighted by atomic mass is 9.84. The number of aliphatic carboxylic acids is 2. The molecule has 7 aromatic rings. The van der Waals surface area contributed by atoms with E-state index < -0.39 is 11.9 Å². The van der Waals surface area contributed by atoms with Crippen LogP contribution in [0.3, 0.4) is 0 Å². The van der Waals surface area contributed by atoms with Gasteiger partial charge < -0.3 is 58.1 Å². The summed E-state index contributed by atoms with van der Waals surface area (Å²) in [4.78, 5) is 39.3. The lowest BCUT2D eigenvalue weighted by molar-refractivity contribution is -0.145. The summed E-state index contributed by atoms with van der Waals surface area (Å²) in [7, 11) is 12.1. The molecular weight excluding hydrogens is 1060 g/mol. The highest BCUT2D eigenvalue weighted by atomic mass is 16.6. The van der Waals surface area contributed by atoms with E-state index in [0.29, 0.717) is 43.7 Å². The number of carbonyl (C=O) groups excluding carboxylic acids is 1. The number of likely N-dealkylation sites (N-methyl/N-ethyl adjacent to an activating group) is 3. The molecule has 0 amide bonds. The van der Waals surface area contributed by atoms with Crippen molar-refractivity contribution in [2.75, 3.05) is 108 Å². The zero-order chi connectivity index (χ0) is 61.2. The van der Waals surface area contributed by atoms with Crippen LogP contribution in [0.15, 0.2) is 152 Å². The van der Waals surface area contributed by atoms with Gasteiger partial charge in [0.1, 0.15) is 54.3 Å². The second-order valence-electron chi connectivity index (χ2n) is 21.9. The number of ether oxygens (including phenoxy) is 7. The number of carbonyl (C=O) groups is 3. The minimum absolute atomic E-state index is 0.0772. The summed E-state index contributed by atoms with van der Waals surface area (Å²) < 4.78 is 38.5. The molecule has 0 atom stereocenters. The van der Waals surface area contributed by atoms with Crippen LogP contribution in [0.2, 0.25) is 0 Å². The predicted molar refractivity (Wildman–Crippen MR) is 334 cm³/mol. The molecule has 0 saturated carbocycles. The minimum Gasteiger partial charge on any atom is -0.492 e. The van der Waals surface area contributed by atoms with Crippen molar-refractivity contribution in [3.05, 3.63) is 179 Å². The van der Waals surface area contributed by atoms with Crippen molar-refractivity contribution < 1.29 is 57.8 Å². The quantitative estimate of drug-likeness (QED) is 0.0467. The van der Waals surface area contributed by atoms with Crippen LogP contribution in [0.1, 0.15) is 55.5 Å². The Balaban J connectivity index is 0.000000232. The fourth-order valence-electron chi connectivity index (χ4n) is 8.53. The average molecular weight is 1150 g/mol. The summed E-state index contributed by atoms with van der Waals surface area (Å²) in [5.74, 6) is 2.05. The highest BCUT2D eigenvalue weighted by Crippen LogP contribution is 2.37. The van der Waals surface area contributed by atoms with Gasteiger partial charge in [-0.15, -0.1) is 0 Å². The minimum atomic E-state index is -0.991. The monoisotopic (exact) mass is 1150 g/mol. The van der Waals surface area contributed by atoms with Gasteiger partial charge in [0.05, 0.1) is 6.61 Å². The summed E-state index contributed by atoms with van der Waals surface area (Å²) in [6.07, 6.45) is 0.723. The van der Waals surface area contributed by atoms with Crippen LogP contribution in [0, 0.1) is 13.8 Å². The Morgan fingerprint density at radius 1 is 0.452 bits per heavy atom. The maximum Gasteiger partial charge on any atom is 0.344 e. The first-order valence-corrected chi connectivity index (χ1v) is 28.1. The van der Waals surface area contributed by atoms with Crippen molar-refractivity contribution in [2.45, 2.75) is 53.4 Å². The normalized spacial score (nSPS) is 11.0. The molecule has 448 valence electrons. The van der Waals surface area contributed by atoms with Gasteiger partial charge in [-0.25, -0.2) is 14.4 Å². The van der Waals surface area contributed by atoms with E-state index in [0.717, 1.165) is 98.9 Å². The molecule has 7 rings (SSSR count). The van der Waals surface area contributed by atoms with Gasteiger partial charge in [0.15, 0.2) is 19.8 Å². The lowest BCUT2D eigenvalue weighted by Crippen LogP contribution is -2.19. The van der Waals surface area contributed by atoms with Crippen molar-refractivity contribution in [3.8, 4) is 67.9 Å². The van der Waals surface area contributed by atoms with Gasteiger partial charge in [0.2, 0.25) is 0 Å². The van der Waals surface area contributed by atoms with Crippen LogP contribution in [-0.2, 0) is 31.0 Å². The Bertz CT molecular complexity index is 3150. The van der Waals surface area contributed by atoms with E-state index in [-0.39, 0.29) is 31.2 Å². The largest absolute Gasteiger partial charge is 0.492 e. The predicted octanol–water partition coefficient (Wildman–Crippen LogP) is 12.3. The summed E-state index contributed by atoms with van der Waals surface area (Å²) in [5, 5.41) is 17.8. The van der Waals surface area contributed by atoms with E-state index in [9.17, 15) is 14.4 Å². The maximum absolute atomic E-state index is 11.3. The molecule has 2 N–H and O–H groups in total. The topological polar surface area (TPSA) is 166 Å². The molecule has 0 aromatic heterocycles. The van der Waals surface area contributed by atoms with E-state index >= 15 is 0 Å². The number of hydrogen-bond donors (Lipinski definition) is 2. The molecule has 0 unspecified atom stereocenters. The standard InChI is InChI=1S/C26H29NO4.C23H31NO4.C20H25NO4/c1-19-15-22(30-14-13-27(2)3)9-11-24(19)25-12-10-23(31-18-26(28)29)17-21(25)16-20-7-5-4-6-8-20;1-16-13-18(27-12-11-24(5)6)8-9-19(16)17-7-10-21(28-15-22(25)26)20(14-17)23(2,3)4;1-4-23-20(22)15-25-19-11-7-17(8-12-19)16-5-9-18(10-6-16)24-14-13-21(2)3/h4-12,15,17H,13-14,16,18H2,1-3H3,(H,28,29);7-10,13-14H,11-12,15H2,1-6H3,(H,25,26);5-12H,4,13-15H2,1-3H3. The Hall–Kier alpha value is -8.37. The first-order valence-electron chi connectivity index (χ1n) is 28.1. The smallest absolute Gasteiger partial charge is 0.344 e. The van der Waals surface area contributed by atoms with Crippen molar-refractivity contribution in [2.24, 2.45) is 0 Å². The number of esters is 1. The third-order valence-corrected chi connectivity index (χ3v) is 12.9. The first kappa shape index (κ1) is 66.4. The second-order valence-corrected chi connectivity index (χ2v) is 21.9. The summed E-state index contributed by atoms with van der Waals surface area (Å²) >= 11 is 0. The summed E-state index contributed by atoms with van der Waals surface area (Å²) in [6.45, 7) is 16.3. The van der Waals surface area contributed by atoms with Gasteiger partial charge in [-0.05, 0) is 203 Å². The number of carboxylic acids is 2. The van der Waals surface area contributed by atoms with Gasteiger partial charge in [0.25, 0.3) is 0 Å². The highest BCUT2D eigenvalue weighted by molar-refractivity contribution is 5.74. The molecular formula is C69H85N3O12. The highest BCUT2D eigenvalue weighted by Gasteiger charge is 2.21. The van der Waals surface area contributed by atoms with E-state index in [1.807, 2.05) is 151 Å². The van der Waals surface area contributed by atoms with Gasteiger partial charge in [0, 0.05) is 25.2 Å². The van der Waals surface area contributed by atoms with E-state index in [2.05, 4.69) is 91.8 Å². The number of rotatable bonds is 27. The van der Waals surface area contributed by atoms with E-state index in [1.54, 1.807) is 6.92 Å². The van der Waals surface area contributed by atoms with E-state index in [4.69, 9.17) is 43.4 Å². The molecule has 15 nitrogen and oxygen atoms in total. The van der Waals surface area contributed by atoms with Crippen LogP contribution >= 0.6 is 0 Å². The molecule has 0 spiro atoms. The van der Waals surface area contributed by atoms with Crippen LogP contribution in [0.5, 0.6) is 34.5 Å². The Labute approximate surface area is 497 Å². The van der Waals surface area contributed by atoms with Crippen molar-refractivity contribution in [1.82, 2.24) is 14.7 Å². The van der Waals surface area contributed by atoms with Gasteiger partial charge in [-0.3, -0.25) is 0 Å². The maximum atomic E-state index is 11.3. The fourth-order valence-corrected chi connectivity index (χ4v) is 8.53. The number of hydrogen-bond acceptors (Lipinski definition) is 13. The van der Waals surface area contributed by atoms with Crippen LogP contribution in [0.25, 0.3) is 33.4 Å². The molecule has 0 aliphatic carbocycles.